The fraction of sp³-hybridized carbons (Fsp3) is 0.588. The van der Waals surface area contributed by atoms with E-state index < -0.39 is 10.2 Å². The van der Waals surface area contributed by atoms with E-state index >= 15 is 0 Å². The summed E-state index contributed by atoms with van der Waals surface area (Å²) in [4.78, 5) is 12.8. The molecule has 1 unspecified atom stereocenters. The second kappa shape index (κ2) is 7.63. The van der Waals surface area contributed by atoms with Gasteiger partial charge in [-0.1, -0.05) is 12.1 Å². The molecule has 0 saturated carbocycles. The fourth-order valence-electron chi connectivity index (χ4n) is 2.83. The van der Waals surface area contributed by atoms with Gasteiger partial charge in [-0.3, -0.25) is 4.79 Å². The molecule has 0 aromatic heterocycles. The smallest absolute Gasteiger partial charge is 0.281 e. The first-order valence-corrected chi connectivity index (χ1v) is 9.60. The Morgan fingerprint density at radius 3 is 2.67 bits per heavy atom. The second-order valence-electron chi connectivity index (χ2n) is 6.55. The predicted molar refractivity (Wildman–Crippen MR) is 93.4 cm³/mol. The van der Waals surface area contributed by atoms with Crippen molar-refractivity contribution < 1.29 is 17.9 Å². The number of ketones is 1. The van der Waals surface area contributed by atoms with Crippen LogP contribution in [0.5, 0.6) is 5.75 Å². The Balaban J connectivity index is 2.15. The van der Waals surface area contributed by atoms with E-state index in [1.807, 2.05) is 19.9 Å². The Bertz CT molecular complexity index is 686. The molecular weight excluding hydrogens is 328 g/mol. The third kappa shape index (κ3) is 4.34. The second-order valence-corrected chi connectivity index (χ2v) is 8.69. The normalized spacial score (nSPS) is 19.7. The molecule has 6 nitrogen and oxygen atoms in total. The summed E-state index contributed by atoms with van der Waals surface area (Å²) in [7, 11) is -0.468. The molecule has 1 aliphatic rings. The molecule has 1 aromatic carbocycles. The van der Waals surface area contributed by atoms with Crippen molar-refractivity contribution in [3.8, 4) is 5.75 Å². The fourth-order valence-corrected chi connectivity index (χ4v) is 4.02. The van der Waals surface area contributed by atoms with E-state index in [1.54, 1.807) is 18.2 Å². The maximum absolute atomic E-state index is 12.8. The van der Waals surface area contributed by atoms with Crippen LogP contribution in [0.2, 0.25) is 0 Å². The van der Waals surface area contributed by atoms with Gasteiger partial charge in [0.15, 0.2) is 5.78 Å². The Morgan fingerprint density at radius 1 is 1.33 bits per heavy atom. The zero-order valence-corrected chi connectivity index (χ0v) is 15.5. The van der Waals surface area contributed by atoms with Gasteiger partial charge < -0.3 is 4.74 Å². The van der Waals surface area contributed by atoms with Crippen molar-refractivity contribution in [2.75, 3.05) is 27.2 Å². The Hall–Kier alpha value is -1.44. The summed E-state index contributed by atoms with van der Waals surface area (Å²) in [6.45, 7) is 4.55. The third-order valence-electron chi connectivity index (χ3n) is 4.03. The SMILES string of the molecule is CC(C)Oc1cccc(C(=O)C2CCCN(S(=O)(=O)N(C)C)C2)c1. The van der Waals surface area contributed by atoms with E-state index in [-0.39, 0.29) is 24.3 Å². The number of ether oxygens (including phenoxy) is 1. The molecule has 1 fully saturated rings. The van der Waals surface area contributed by atoms with Crippen LogP contribution >= 0.6 is 0 Å². The number of hydrogen-bond donors (Lipinski definition) is 0. The molecule has 0 radical (unpaired) electrons. The van der Waals surface area contributed by atoms with Crippen LogP contribution in [-0.2, 0) is 10.2 Å². The topological polar surface area (TPSA) is 66.9 Å². The van der Waals surface area contributed by atoms with Crippen LogP contribution in [0.3, 0.4) is 0 Å². The lowest BCUT2D eigenvalue weighted by molar-refractivity contribution is 0.0869. The lowest BCUT2D eigenvalue weighted by Crippen LogP contribution is -2.46. The molecule has 1 saturated heterocycles. The summed E-state index contributed by atoms with van der Waals surface area (Å²) in [6, 6.07) is 7.11. The minimum atomic E-state index is -3.48. The largest absolute Gasteiger partial charge is 0.491 e. The van der Waals surface area contributed by atoms with Crippen LogP contribution in [-0.4, -0.2) is 56.1 Å². The van der Waals surface area contributed by atoms with Gasteiger partial charge in [0.2, 0.25) is 0 Å². The molecule has 0 bridgehead atoms. The number of rotatable bonds is 6. The molecule has 24 heavy (non-hydrogen) atoms. The molecule has 1 aromatic rings. The molecule has 2 rings (SSSR count). The van der Waals surface area contributed by atoms with Crippen LogP contribution < -0.4 is 4.74 Å². The van der Waals surface area contributed by atoms with Gasteiger partial charge in [0.1, 0.15) is 5.75 Å². The van der Waals surface area contributed by atoms with Crippen molar-refractivity contribution >= 4 is 16.0 Å². The highest BCUT2D eigenvalue weighted by atomic mass is 32.2. The van der Waals surface area contributed by atoms with Crippen molar-refractivity contribution in [3.63, 3.8) is 0 Å². The minimum absolute atomic E-state index is 0.0251. The first-order chi connectivity index (χ1) is 11.2. The number of nitrogens with zero attached hydrogens (tertiary/aromatic N) is 2. The lowest BCUT2D eigenvalue weighted by atomic mass is 9.91. The van der Waals surface area contributed by atoms with Crippen LogP contribution in [0.25, 0.3) is 0 Å². The first kappa shape index (κ1) is 18.9. The Morgan fingerprint density at radius 2 is 2.04 bits per heavy atom. The Kier molecular flexibility index (Phi) is 6.01. The van der Waals surface area contributed by atoms with Gasteiger partial charge in [0.25, 0.3) is 10.2 Å². The molecule has 1 atom stereocenters. The van der Waals surface area contributed by atoms with Gasteiger partial charge in [-0.05, 0) is 38.8 Å². The summed E-state index contributed by atoms with van der Waals surface area (Å²) in [5.41, 5.74) is 0.572. The zero-order valence-electron chi connectivity index (χ0n) is 14.7. The zero-order chi connectivity index (χ0) is 17.9. The van der Waals surface area contributed by atoms with E-state index in [4.69, 9.17) is 4.74 Å². The summed E-state index contributed by atoms with van der Waals surface area (Å²) in [6.07, 6.45) is 1.42. The van der Waals surface area contributed by atoms with Crippen LogP contribution in [0, 0.1) is 5.92 Å². The highest BCUT2D eigenvalue weighted by Crippen LogP contribution is 2.25. The van der Waals surface area contributed by atoms with E-state index in [0.717, 1.165) is 0 Å². The summed E-state index contributed by atoms with van der Waals surface area (Å²) >= 11 is 0. The maximum Gasteiger partial charge on any atom is 0.281 e. The number of hydrogen-bond acceptors (Lipinski definition) is 4. The quantitative estimate of drug-likeness (QED) is 0.735. The number of carbonyl (C=O) groups is 1. The van der Waals surface area contributed by atoms with Crippen molar-refractivity contribution in [1.82, 2.24) is 8.61 Å². The van der Waals surface area contributed by atoms with E-state index in [9.17, 15) is 13.2 Å². The maximum atomic E-state index is 12.8. The van der Waals surface area contributed by atoms with Gasteiger partial charge >= 0.3 is 0 Å². The summed E-state index contributed by atoms with van der Waals surface area (Å²) < 4.78 is 32.8. The van der Waals surface area contributed by atoms with Crippen molar-refractivity contribution in [2.24, 2.45) is 5.92 Å². The van der Waals surface area contributed by atoms with Crippen LogP contribution in [0.15, 0.2) is 24.3 Å². The molecule has 0 N–H and O–H groups in total. The monoisotopic (exact) mass is 354 g/mol. The Labute approximate surface area is 144 Å². The van der Waals surface area contributed by atoms with Gasteiger partial charge in [-0.25, -0.2) is 0 Å². The number of Topliss-reactive ketones (excluding diaryl/α,β-unsaturated/α-hetero) is 1. The molecule has 1 heterocycles. The highest BCUT2D eigenvalue weighted by molar-refractivity contribution is 7.86. The van der Waals surface area contributed by atoms with Gasteiger partial charge in [0, 0.05) is 38.7 Å². The average molecular weight is 354 g/mol. The molecule has 0 amide bonds. The van der Waals surface area contributed by atoms with E-state index in [0.29, 0.717) is 30.7 Å². The van der Waals surface area contributed by atoms with E-state index in [2.05, 4.69) is 0 Å². The highest BCUT2D eigenvalue weighted by Gasteiger charge is 2.33. The molecular formula is C17H26N2O4S. The predicted octanol–water partition coefficient (Wildman–Crippen LogP) is 2.17. The molecule has 0 spiro atoms. The van der Waals surface area contributed by atoms with E-state index in [1.165, 1.54) is 22.7 Å². The number of carbonyl (C=O) groups excluding carboxylic acids is 1. The van der Waals surface area contributed by atoms with Crippen molar-refractivity contribution in [3.05, 3.63) is 29.8 Å². The van der Waals surface area contributed by atoms with Crippen LogP contribution in [0.1, 0.15) is 37.0 Å². The van der Waals surface area contributed by atoms with Crippen molar-refractivity contribution in [2.45, 2.75) is 32.8 Å². The van der Waals surface area contributed by atoms with Crippen LogP contribution in [0.4, 0.5) is 0 Å². The van der Waals surface area contributed by atoms with Gasteiger partial charge in [-0.15, -0.1) is 0 Å². The third-order valence-corrected chi connectivity index (χ3v) is 5.94. The molecule has 7 heteroatoms. The molecule has 0 aliphatic carbocycles. The average Bonchev–Trinajstić information content (AvgIpc) is 2.53. The first-order valence-electron chi connectivity index (χ1n) is 8.20. The van der Waals surface area contributed by atoms with Gasteiger partial charge in [0.05, 0.1) is 6.10 Å². The summed E-state index contributed by atoms with van der Waals surface area (Å²) in [5, 5.41) is 0. The van der Waals surface area contributed by atoms with Gasteiger partial charge in [-0.2, -0.15) is 17.0 Å². The molecule has 134 valence electrons. The lowest BCUT2D eigenvalue weighted by Gasteiger charge is -2.32. The molecule has 1 aliphatic heterocycles. The number of benzene rings is 1. The number of piperidine rings is 1. The van der Waals surface area contributed by atoms with Crippen molar-refractivity contribution in [1.29, 1.82) is 0 Å². The minimum Gasteiger partial charge on any atom is -0.491 e. The standard InChI is InChI=1S/C17H26N2O4S/c1-13(2)23-16-9-5-7-14(11-16)17(20)15-8-6-10-19(12-15)24(21,22)18(3)4/h5,7,9,11,13,15H,6,8,10,12H2,1-4H3. The summed E-state index contributed by atoms with van der Waals surface area (Å²) in [5.74, 6) is 0.315.